The van der Waals surface area contributed by atoms with Gasteiger partial charge in [0.2, 0.25) is 0 Å². The van der Waals surface area contributed by atoms with E-state index >= 15 is 0 Å². The Bertz CT molecular complexity index is 1550. The predicted octanol–water partition coefficient (Wildman–Crippen LogP) is 5.95. The van der Waals surface area contributed by atoms with Crippen molar-refractivity contribution in [1.29, 1.82) is 0 Å². The Labute approximate surface area is 219 Å². The molecular weight excluding hydrogens is 487 g/mol. The maximum atomic E-state index is 13.6. The van der Waals surface area contributed by atoms with Crippen LogP contribution < -0.4 is 15.0 Å². The van der Waals surface area contributed by atoms with Gasteiger partial charge in [-0.1, -0.05) is 61.5 Å². The fourth-order valence-corrected chi connectivity index (χ4v) is 4.49. The minimum atomic E-state index is -0.575. The van der Waals surface area contributed by atoms with Crippen LogP contribution in [0.15, 0.2) is 90.5 Å². The molecule has 184 valence electrons. The van der Waals surface area contributed by atoms with Crippen LogP contribution in [0.25, 0.3) is 16.8 Å². The second kappa shape index (κ2) is 10.3. The molecule has 0 radical (unpaired) electrons. The summed E-state index contributed by atoms with van der Waals surface area (Å²) in [5.41, 5.74) is 3.01. The number of hydrogen-bond donors (Lipinski definition) is 1. The van der Waals surface area contributed by atoms with E-state index in [-0.39, 0.29) is 23.1 Å². The highest BCUT2D eigenvalue weighted by atomic mass is 32.1. The van der Waals surface area contributed by atoms with Gasteiger partial charge in [-0.3, -0.25) is 19.8 Å². The number of rotatable bonds is 6. The van der Waals surface area contributed by atoms with Crippen molar-refractivity contribution in [1.82, 2.24) is 5.32 Å². The zero-order valence-corrected chi connectivity index (χ0v) is 20.8. The van der Waals surface area contributed by atoms with Gasteiger partial charge in [-0.2, -0.15) is 0 Å². The number of thiocarbonyl (C=S) groups is 1. The molecule has 0 aliphatic carbocycles. The number of anilines is 1. The Kier molecular flexibility index (Phi) is 6.79. The second-order valence-electron chi connectivity index (χ2n) is 8.59. The van der Waals surface area contributed by atoms with Gasteiger partial charge in [-0.15, -0.1) is 0 Å². The van der Waals surface area contributed by atoms with E-state index in [1.165, 1.54) is 17.0 Å². The van der Waals surface area contributed by atoms with Crippen molar-refractivity contribution < 1.29 is 18.7 Å². The van der Waals surface area contributed by atoms with Crippen molar-refractivity contribution >= 4 is 51.7 Å². The van der Waals surface area contributed by atoms with Crippen LogP contribution >= 0.6 is 12.2 Å². The highest BCUT2D eigenvalue weighted by molar-refractivity contribution is 7.80. The minimum Gasteiger partial charge on any atom is -0.488 e. The molecule has 1 saturated heterocycles. The van der Waals surface area contributed by atoms with Crippen molar-refractivity contribution in [2.24, 2.45) is 0 Å². The number of amides is 2. The summed E-state index contributed by atoms with van der Waals surface area (Å²) in [6, 6.07) is 24.9. The van der Waals surface area contributed by atoms with Crippen LogP contribution in [0.2, 0.25) is 0 Å². The van der Waals surface area contributed by atoms with Crippen LogP contribution in [0, 0.1) is 5.82 Å². The highest BCUT2D eigenvalue weighted by Crippen LogP contribution is 2.32. The van der Waals surface area contributed by atoms with E-state index in [0.29, 0.717) is 17.0 Å². The molecule has 37 heavy (non-hydrogen) atoms. The molecule has 5 rings (SSSR count). The summed E-state index contributed by atoms with van der Waals surface area (Å²) < 4.78 is 19.4. The third kappa shape index (κ3) is 4.99. The van der Waals surface area contributed by atoms with Crippen molar-refractivity contribution in [3.63, 3.8) is 0 Å². The Morgan fingerprint density at radius 1 is 0.919 bits per heavy atom. The summed E-state index contributed by atoms with van der Waals surface area (Å²) in [5, 5.41) is 4.41. The molecular formula is C30H23FN2O3S. The van der Waals surface area contributed by atoms with E-state index in [0.717, 1.165) is 28.3 Å². The molecule has 1 aliphatic rings. The van der Waals surface area contributed by atoms with Crippen molar-refractivity contribution in [2.75, 3.05) is 4.90 Å². The number of fused-ring (bicyclic) bond motifs is 1. The number of benzene rings is 4. The lowest BCUT2D eigenvalue weighted by molar-refractivity contribution is -0.122. The summed E-state index contributed by atoms with van der Waals surface area (Å²) in [7, 11) is 0. The second-order valence-corrected chi connectivity index (χ2v) is 8.98. The van der Waals surface area contributed by atoms with E-state index in [9.17, 15) is 14.0 Å². The largest absolute Gasteiger partial charge is 0.488 e. The van der Waals surface area contributed by atoms with E-state index in [1.807, 2.05) is 61.5 Å². The maximum absolute atomic E-state index is 13.6. The molecule has 0 saturated carbocycles. The van der Waals surface area contributed by atoms with Crippen molar-refractivity contribution in [3.05, 3.63) is 113 Å². The topological polar surface area (TPSA) is 58.6 Å². The first-order chi connectivity index (χ1) is 17.9. The van der Waals surface area contributed by atoms with Crippen molar-refractivity contribution in [2.45, 2.75) is 20.0 Å². The van der Waals surface area contributed by atoms with Gasteiger partial charge in [-0.25, -0.2) is 4.39 Å². The first-order valence-corrected chi connectivity index (χ1v) is 12.2. The fourth-order valence-electron chi connectivity index (χ4n) is 4.21. The summed E-state index contributed by atoms with van der Waals surface area (Å²) in [5.74, 6) is -0.930. The molecule has 4 aromatic rings. The van der Waals surface area contributed by atoms with Gasteiger partial charge in [0, 0.05) is 5.56 Å². The number of ether oxygens (including phenoxy) is 1. The summed E-state index contributed by atoms with van der Waals surface area (Å²) >= 11 is 5.34. The Hall–Kier alpha value is -4.36. The molecule has 1 aliphatic heterocycles. The van der Waals surface area contributed by atoms with Crippen LogP contribution in [0.4, 0.5) is 10.1 Å². The number of nitrogens with one attached hydrogen (secondary N) is 1. The number of carbonyl (C=O) groups is 2. The van der Waals surface area contributed by atoms with Gasteiger partial charge in [0.05, 0.1) is 5.69 Å². The maximum Gasteiger partial charge on any atom is 0.270 e. The Morgan fingerprint density at radius 3 is 2.35 bits per heavy atom. The van der Waals surface area contributed by atoms with Crippen LogP contribution in [-0.2, 0) is 22.6 Å². The number of aryl methyl sites for hydroxylation is 1. The Balaban J connectivity index is 1.56. The van der Waals surface area contributed by atoms with E-state index in [1.54, 1.807) is 24.3 Å². The van der Waals surface area contributed by atoms with Gasteiger partial charge in [-0.05, 0) is 76.9 Å². The number of carbonyl (C=O) groups excluding carboxylic acids is 2. The molecule has 0 atom stereocenters. The van der Waals surface area contributed by atoms with Crippen LogP contribution in [0.3, 0.4) is 0 Å². The molecule has 0 spiro atoms. The zero-order chi connectivity index (χ0) is 25.9. The quantitative estimate of drug-likeness (QED) is 0.198. The summed E-state index contributed by atoms with van der Waals surface area (Å²) in [6.45, 7) is 2.24. The van der Waals surface area contributed by atoms with Gasteiger partial charge in [0.25, 0.3) is 11.8 Å². The van der Waals surface area contributed by atoms with Gasteiger partial charge in [0.15, 0.2) is 5.11 Å². The third-order valence-electron chi connectivity index (χ3n) is 6.23. The molecule has 0 aromatic heterocycles. The molecule has 1 heterocycles. The standard InChI is InChI=1S/C30H23FN2O3S/c1-2-19-9-14-23(15-10-19)33-29(35)26(28(34)32-30(33)37)17-25-24-6-4-3-5-21(24)11-16-27(25)36-18-20-7-12-22(31)13-8-20/h3-17H,2,18H2,1H3,(H,32,34,37)/b26-17+. The first-order valence-electron chi connectivity index (χ1n) is 11.8. The number of halogens is 1. The SMILES string of the molecule is CCc1ccc(N2C(=O)/C(=C/c3c(OCc4ccc(F)cc4)ccc4ccccc34)C(=O)NC2=S)cc1. The monoisotopic (exact) mass is 510 g/mol. The van der Waals surface area contributed by atoms with Gasteiger partial charge >= 0.3 is 0 Å². The van der Waals surface area contributed by atoms with E-state index in [4.69, 9.17) is 17.0 Å². The molecule has 5 nitrogen and oxygen atoms in total. The predicted molar refractivity (Wildman–Crippen MR) is 147 cm³/mol. The number of nitrogens with zero attached hydrogens (tertiary/aromatic N) is 1. The lowest BCUT2D eigenvalue weighted by Crippen LogP contribution is -2.54. The lowest BCUT2D eigenvalue weighted by atomic mass is 9.99. The number of hydrogen-bond acceptors (Lipinski definition) is 4. The van der Waals surface area contributed by atoms with Gasteiger partial charge < -0.3 is 4.74 Å². The highest BCUT2D eigenvalue weighted by Gasteiger charge is 2.34. The van der Waals surface area contributed by atoms with E-state index < -0.39 is 11.8 Å². The van der Waals surface area contributed by atoms with Crippen molar-refractivity contribution in [3.8, 4) is 5.75 Å². The van der Waals surface area contributed by atoms with Crippen LogP contribution in [0.1, 0.15) is 23.6 Å². The zero-order valence-electron chi connectivity index (χ0n) is 20.0. The molecule has 0 bridgehead atoms. The molecule has 4 aromatic carbocycles. The average Bonchev–Trinajstić information content (AvgIpc) is 2.91. The molecule has 1 fully saturated rings. The fraction of sp³-hybridized carbons (Fsp3) is 0.100. The first kappa shape index (κ1) is 24.3. The molecule has 1 N–H and O–H groups in total. The third-order valence-corrected chi connectivity index (χ3v) is 6.52. The normalized spacial score (nSPS) is 14.8. The minimum absolute atomic E-state index is 0.0297. The van der Waals surface area contributed by atoms with Crippen LogP contribution in [-0.4, -0.2) is 16.9 Å². The smallest absolute Gasteiger partial charge is 0.270 e. The lowest BCUT2D eigenvalue weighted by Gasteiger charge is -2.29. The molecule has 0 unspecified atom stereocenters. The molecule has 2 amide bonds. The molecule has 7 heteroatoms. The van der Waals surface area contributed by atoms with Gasteiger partial charge in [0.1, 0.15) is 23.7 Å². The van der Waals surface area contributed by atoms with Crippen LogP contribution in [0.5, 0.6) is 5.75 Å². The summed E-state index contributed by atoms with van der Waals surface area (Å²) in [6.07, 6.45) is 2.41. The average molecular weight is 511 g/mol. The van der Waals surface area contributed by atoms with E-state index in [2.05, 4.69) is 5.32 Å². The Morgan fingerprint density at radius 2 is 1.62 bits per heavy atom. The summed E-state index contributed by atoms with van der Waals surface area (Å²) in [4.78, 5) is 27.9.